The number of nitrogens with one attached hydrogen (secondary N) is 1. The van der Waals surface area contributed by atoms with Crippen LogP contribution in [-0.2, 0) is 16.1 Å². The normalized spacial score (nSPS) is 25.5. The fraction of sp³-hybridized carbons (Fsp3) is 0.500. The van der Waals surface area contributed by atoms with E-state index in [0.29, 0.717) is 23.1 Å². The van der Waals surface area contributed by atoms with Gasteiger partial charge in [-0.2, -0.15) is 0 Å². The van der Waals surface area contributed by atoms with Gasteiger partial charge in [0, 0.05) is 24.8 Å². The van der Waals surface area contributed by atoms with Crippen molar-refractivity contribution in [2.45, 2.75) is 57.2 Å². The van der Waals surface area contributed by atoms with Crippen molar-refractivity contribution in [3.05, 3.63) is 65.7 Å². The van der Waals surface area contributed by atoms with Crippen LogP contribution < -0.4 is 10.2 Å². The zero-order chi connectivity index (χ0) is 25.1. The Labute approximate surface area is 210 Å². The Morgan fingerprint density at radius 2 is 1.67 bits per heavy atom. The van der Waals surface area contributed by atoms with Gasteiger partial charge in [0.25, 0.3) is 5.91 Å². The number of amides is 2. The summed E-state index contributed by atoms with van der Waals surface area (Å²) in [6.07, 6.45) is 5.27. The smallest absolute Gasteiger partial charge is 0.415 e. The molecule has 2 aromatic rings. The van der Waals surface area contributed by atoms with Gasteiger partial charge in [-0.05, 0) is 42.7 Å². The summed E-state index contributed by atoms with van der Waals surface area (Å²) in [7, 11) is 0. The number of fused-ring (bicyclic) bond motifs is 3. The van der Waals surface area contributed by atoms with E-state index >= 15 is 0 Å². The number of carbonyl (C=O) groups excluding carboxylic acids is 2. The molecule has 3 saturated heterocycles. The van der Waals surface area contributed by atoms with Crippen molar-refractivity contribution >= 4 is 17.7 Å². The van der Waals surface area contributed by atoms with Crippen molar-refractivity contribution in [2.24, 2.45) is 5.92 Å². The minimum absolute atomic E-state index is 0.0568. The first-order chi connectivity index (χ1) is 17.4. The molecule has 1 unspecified atom stereocenters. The lowest BCUT2D eigenvalue weighted by Gasteiger charge is -2.51. The van der Waals surface area contributed by atoms with Gasteiger partial charge in [0.05, 0.1) is 25.3 Å². The molecule has 0 spiro atoms. The minimum Gasteiger partial charge on any atom is -0.440 e. The van der Waals surface area contributed by atoms with Crippen LogP contribution in [0.25, 0.3) is 0 Å². The van der Waals surface area contributed by atoms with Crippen molar-refractivity contribution in [1.82, 2.24) is 5.32 Å². The monoisotopic (exact) mass is 498 g/mol. The van der Waals surface area contributed by atoms with Crippen molar-refractivity contribution < 1.29 is 27.6 Å². The largest absolute Gasteiger partial charge is 0.440 e. The second-order valence-corrected chi connectivity index (χ2v) is 10.6. The van der Waals surface area contributed by atoms with Crippen molar-refractivity contribution in [3.63, 3.8) is 0 Å². The average molecular weight is 499 g/mol. The summed E-state index contributed by atoms with van der Waals surface area (Å²) in [5, 5.41) is 3.20. The number of carbonyl (C=O) groups is 2. The summed E-state index contributed by atoms with van der Waals surface area (Å²) in [4.78, 5) is 27.5. The number of hydrogen-bond donors (Lipinski definition) is 1. The molecule has 4 fully saturated rings. The molecule has 1 saturated carbocycles. The molecule has 8 heteroatoms. The number of hydrogen-bond acceptors (Lipinski definition) is 3. The summed E-state index contributed by atoms with van der Waals surface area (Å²) in [6, 6.07) is 12.2. The maximum Gasteiger partial charge on any atom is 0.415 e. The third-order valence-corrected chi connectivity index (χ3v) is 8.11. The second-order valence-electron chi connectivity index (χ2n) is 10.6. The zero-order valence-electron chi connectivity index (χ0n) is 20.5. The molecule has 192 valence electrons. The van der Waals surface area contributed by atoms with Gasteiger partial charge in [-0.25, -0.2) is 13.6 Å². The first-order valence-electron chi connectivity index (χ1n) is 13.0. The second kappa shape index (κ2) is 10.5. The van der Waals surface area contributed by atoms with E-state index in [2.05, 4.69) is 5.32 Å². The topological polar surface area (TPSA) is 58.6 Å². The molecule has 1 aliphatic carbocycles. The summed E-state index contributed by atoms with van der Waals surface area (Å²) >= 11 is 0. The van der Waals surface area contributed by atoms with Crippen LogP contribution >= 0.6 is 0 Å². The van der Waals surface area contributed by atoms with E-state index in [9.17, 15) is 18.4 Å². The molecule has 0 aromatic heterocycles. The van der Waals surface area contributed by atoms with Gasteiger partial charge in [0.2, 0.25) is 0 Å². The van der Waals surface area contributed by atoms with Crippen LogP contribution in [0.5, 0.6) is 0 Å². The quantitative estimate of drug-likeness (QED) is 0.560. The number of anilines is 1. The minimum atomic E-state index is -0.628. The molecule has 2 bridgehead atoms. The van der Waals surface area contributed by atoms with Crippen LogP contribution in [0.3, 0.4) is 0 Å². The maximum absolute atomic E-state index is 14.7. The highest BCUT2D eigenvalue weighted by Gasteiger charge is 2.49. The lowest BCUT2D eigenvalue weighted by atomic mass is 9.83. The molecule has 6 rings (SSSR count). The van der Waals surface area contributed by atoms with Gasteiger partial charge in [-0.15, -0.1) is 0 Å². The molecule has 3 heterocycles. The van der Waals surface area contributed by atoms with Crippen molar-refractivity contribution in [3.8, 4) is 0 Å². The Hall–Kier alpha value is -3.00. The van der Waals surface area contributed by atoms with Crippen molar-refractivity contribution in [1.29, 1.82) is 0 Å². The molecule has 6 nitrogen and oxygen atoms in total. The molecular formula is C28H34F2N3O3+. The van der Waals surface area contributed by atoms with Crippen molar-refractivity contribution in [2.75, 3.05) is 31.1 Å². The van der Waals surface area contributed by atoms with Gasteiger partial charge in [-0.3, -0.25) is 9.69 Å². The van der Waals surface area contributed by atoms with Crippen LogP contribution in [-0.4, -0.2) is 54.8 Å². The Morgan fingerprint density at radius 3 is 2.36 bits per heavy atom. The van der Waals surface area contributed by atoms with Gasteiger partial charge < -0.3 is 14.5 Å². The van der Waals surface area contributed by atoms with Gasteiger partial charge in [-0.1, -0.05) is 37.1 Å². The van der Waals surface area contributed by atoms with Crippen LogP contribution in [0, 0.1) is 17.6 Å². The number of quaternary nitrogens is 1. The number of ether oxygens (including phenoxy) is 1. The van der Waals surface area contributed by atoms with E-state index in [-0.39, 0.29) is 42.0 Å². The van der Waals surface area contributed by atoms with Gasteiger partial charge in [0.15, 0.2) is 12.6 Å². The third-order valence-electron chi connectivity index (χ3n) is 8.11. The summed E-state index contributed by atoms with van der Waals surface area (Å²) < 4.78 is 34.8. The lowest BCUT2D eigenvalue weighted by molar-refractivity contribution is -0.939. The highest BCUT2D eigenvalue weighted by Crippen LogP contribution is 2.36. The van der Waals surface area contributed by atoms with Crippen LogP contribution in [0.15, 0.2) is 48.5 Å². The van der Waals surface area contributed by atoms with Gasteiger partial charge >= 0.3 is 6.09 Å². The number of halogens is 2. The lowest BCUT2D eigenvalue weighted by Crippen LogP contribution is -2.67. The first kappa shape index (κ1) is 24.7. The first-order valence-corrected chi connectivity index (χ1v) is 13.0. The fourth-order valence-electron chi connectivity index (χ4n) is 6.11. The van der Waals surface area contributed by atoms with E-state index < -0.39 is 11.9 Å². The third kappa shape index (κ3) is 5.53. The highest BCUT2D eigenvalue weighted by molar-refractivity contribution is 5.87. The Bertz CT molecular complexity index is 1080. The number of para-hydroxylation sites is 1. The summed E-state index contributed by atoms with van der Waals surface area (Å²) in [5.74, 6) is -0.591. The van der Waals surface area contributed by atoms with E-state index in [4.69, 9.17) is 4.74 Å². The number of piperidine rings is 3. The Morgan fingerprint density at radius 1 is 0.972 bits per heavy atom. The Balaban J connectivity index is 1.29. The summed E-state index contributed by atoms with van der Waals surface area (Å²) in [6.45, 7) is 2.87. The molecule has 2 aromatic carbocycles. The average Bonchev–Trinajstić information content (AvgIpc) is 3.37. The zero-order valence-corrected chi connectivity index (χ0v) is 20.5. The van der Waals surface area contributed by atoms with Crippen LogP contribution in [0.2, 0.25) is 0 Å². The highest BCUT2D eigenvalue weighted by atomic mass is 19.1. The van der Waals surface area contributed by atoms with E-state index in [1.165, 1.54) is 42.0 Å². The molecular weight excluding hydrogens is 464 g/mol. The SMILES string of the molecule is O=C(C[N+]12CCC(CC1)C(OC(=O)N(Cc1ccc(F)cc1)c1ccccc1F)C2)NC1CCCC1. The molecule has 0 radical (unpaired) electrons. The van der Waals surface area contributed by atoms with Crippen LogP contribution in [0.4, 0.5) is 19.3 Å². The van der Waals surface area contributed by atoms with Gasteiger partial charge in [0.1, 0.15) is 18.2 Å². The fourth-order valence-corrected chi connectivity index (χ4v) is 6.11. The summed E-state index contributed by atoms with van der Waals surface area (Å²) in [5.41, 5.74) is 0.783. The predicted molar refractivity (Wildman–Crippen MR) is 132 cm³/mol. The molecule has 36 heavy (non-hydrogen) atoms. The van der Waals surface area contributed by atoms with E-state index in [1.54, 1.807) is 24.3 Å². The molecule has 1 atom stereocenters. The molecule has 4 aliphatic rings. The Kier molecular flexibility index (Phi) is 7.23. The standard InChI is InChI=1S/C28H33F2N3O3/c29-22-11-9-20(10-12-22)17-32(25-8-4-3-7-24(25)30)28(35)36-26-18-33(15-13-21(26)14-16-33)19-27(34)31-23-5-1-2-6-23/h3-4,7-12,21,23,26H,1-2,5-6,13-19H2/p+1. The van der Waals surface area contributed by atoms with E-state index in [0.717, 1.165) is 38.8 Å². The number of benzene rings is 2. The number of nitrogens with zero attached hydrogens (tertiary/aromatic N) is 2. The van der Waals surface area contributed by atoms with Crippen LogP contribution in [0.1, 0.15) is 44.1 Å². The predicted octanol–water partition coefficient (Wildman–Crippen LogP) is 4.78. The molecule has 3 aliphatic heterocycles. The maximum atomic E-state index is 14.7. The van der Waals surface area contributed by atoms with E-state index in [1.807, 2.05) is 0 Å². The molecule has 2 amide bonds. The number of rotatable bonds is 7. The molecule has 1 N–H and O–H groups in total.